The highest BCUT2D eigenvalue weighted by Gasteiger charge is 2.59. The van der Waals surface area contributed by atoms with Crippen molar-refractivity contribution in [1.29, 1.82) is 0 Å². The Morgan fingerprint density at radius 3 is 2.50 bits per heavy atom. The van der Waals surface area contributed by atoms with Crippen LogP contribution in [0.3, 0.4) is 0 Å². The zero-order chi connectivity index (χ0) is 34.9. The predicted molar refractivity (Wildman–Crippen MR) is 195 cm³/mol. The number of allylic oxidation sites excluding steroid dienone is 1. The monoisotopic (exact) mass is 664 g/mol. The maximum atomic E-state index is 13.9. The molecule has 3 unspecified atom stereocenters. The Morgan fingerprint density at radius 1 is 1.06 bits per heavy atom. The minimum atomic E-state index is -0.945. The summed E-state index contributed by atoms with van der Waals surface area (Å²) < 4.78 is 6.38. The summed E-state index contributed by atoms with van der Waals surface area (Å²) in [6, 6.07) is -0.485. The lowest BCUT2D eigenvalue weighted by Gasteiger charge is -2.58. The number of imidazole rings is 1. The Balaban J connectivity index is 1.24. The van der Waals surface area contributed by atoms with Crippen LogP contribution in [0.15, 0.2) is 24.2 Å². The first-order valence-electron chi connectivity index (χ1n) is 19.9. The third-order valence-corrected chi connectivity index (χ3v) is 14.6. The van der Waals surface area contributed by atoms with Gasteiger partial charge in [0.1, 0.15) is 11.6 Å². The molecule has 4 aliphatic rings. The molecule has 11 atom stereocenters. The summed E-state index contributed by atoms with van der Waals surface area (Å²) >= 11 is 0. The highest BCUT2D eigenvalue weighted by molar-refractivity contribution is 5.88. The van der Waals surface area contributed by atoms with Gasteiger partial charge >= 0.3 is 5.97 Å². The van der Waals surface area contributed by atoms with E-state index < -0.39 is 11.6 Å². The standard InChI is InChI=1S/C42H69N3O3/c1-10-28(5)38(46)37(24-31-25-43-26-44-31)45-42(9,11-2)39(47)48-32-19-21-40(7)30(23-32)15-16-33-35-18-17-34(29(6)14-12-13-27(3)4)41(35,8)22-20-36(33)40/h15,25-29,32-37,45H,10-14,16-24H2,1-9H3,(H,43,44)/t28?,29-,32+,33?,34-,35+,36+,37+,40+,41-,42?/m1/s1. The van der Waals surface area contributed by atoms with E-state index in [1.807, 2.05) is 27.7 Å². The van der Waals surface area contributed by atoms with E-state index in [1.54, 1.807) is 18.1 Å². The van der Waals surface area contributed by atoms with Crippen LogP contribution in [0.2, 0.25) is 0 Å². The van der Waals surface area contributed by atoms with Gasteiger partial charge in [-0.15, -0.1) is 0 Å². The number of aromatic nitrogens is 2. The molecule has 0 saturated heterocycles. The van der Waals surface area contributed by atoms with Gasteiger partial charge in [-0.3, -0.25) is 14.9 Å². The third-order valence-electron chi connectivity index (χ3n) is 14.6. The van der Waals surface area contributed by atoms with Crippen LogP contribution in [0.5, 0.6) is 0 Å². The number of carbonyl (C=O) groups excluding carboxylic acids is 2. The van der Waals surface area contributed by atoms with Gasteiger partial charge in [-0.1, -0.05) is 86.3 Å². The van der Waals surface area contributed by atoms with Crippen molar-refractivity contribution in [1.82, 2.24) is 15.3 Å². The summed E-state index contributed by atoms with van der Waals surface area (Å²) in [7, 11) is 0. The highest BCUT2D eigenvalue weighted by Crippen LogP contribution is 2.67. The summed E-state index contributed by atoms with van der Waals surface area (Å²) in [6.07, 6.45) is 21.5. The molecule has 0 aromatic carbocycles. The van der Waals surface area contributed by atoms with Crippen LogP contribution in [-0.4, -0.2) is 39.4 Å². The Morgan fingerprint density at radius 2 is 1.83 bits per heavy atom. The second-order valence-corrected chi connectivity index (χ2v) is 17.9. The molecule has 6 heteroatoms. The lowest BCUT2D eigenvalue weighted by atomic mass is 9.47. The lowest BCUT2D eigenvalue weighted by molar-refractivity contribution is -0.159. The van der Waals surface area contributed by atoms with Gasteiger partial charge in [0.05, 0.1) is 12.4 Å². The van der Waals surface area contributed by atoms with E-state index >= 15 is 0 Å². The average Bonchev–Trinajstić information content (AvgIpc) is 3.70. The molecular formula is C42H69N3O3. The van der Waals surface area contributed by atoms with E-state index in [4.69, 9.17) is 4.74 Å². The number of fused-ring (bicyclic) bond motifs is 5. The normalized spacial score (nSPS) is 34.6. The van der Waals surface area contributed by atoms with Gasteiger partial charge in [-0.2, -0.15) is 0 Å². The van der Waals surface area contributed by atoms with Crippen LogP contribution >= 0.6 is 0 Å². The summed E-state index contributed by atoms with van der Waals surface area (Å²) in [4.78, 5) is 34.7. The maximum Gasteiger partial charge on any atom is 0.326 e. The van der Waals surface area contributed by atoms with Crippen LogP contribution in [0.25, 0.3) is 0 Å². The van der Waals surface area contributed by atoms with E-state index in [1.165, 1.54) is 51.4 Å². The molecule has 5 rings (SSSR count). The highest BCUT2D eigenvalue weighted by atomic mass is 16.5. The molecule has 1 aromatic heterocycles. The van der Waals surface area contributed by atoms with Gasteiger partial charge < -0.3 is 9.72 Å². The number of Topliss-reactive ketones (excluding diaryl/α,β-unsaturated/α-hetero) is 1. The van der Waals surface area contributed by atoms with Crippen molar-refractivity contribution in [2.24, 2.45) is 52.3 Å². The Kier molecular flexibility index (Phi) is 11.7. The second kappa shape index (κ2) is 15.1. The van der Waals surface area contributed by atoms with Crippen molar-refractivity contribution in [2.45, 2.75) is 170 Å². The van der Waals surface area contributed by atoms with Crippen molar-refractivity contribution < 1.29 is 14.3 Å². The molecular weight excluding hydrogens is 594 g/mol. The van der Waals surface area contributed by atoms with E-state index in [0.717, 1.165) is 66.9 Å². The number of ether oxygens (including phenoxy) is 1. The van der Waals surface area contributed by atoms with E-state index in [-0.39, 0.29) is 29.2 Å². The fourth-order valence-corrected chi connectivity index (χ4v) is 11.1. The third kappa shape index (κ3) is 7.40. The van der Waals surface area contributed by atoms with E-state index in [9.17, 15) is 9.59 Å². The average molecular weight is 664 g/mol. The molecule has 0 aliphatic heterocycles. The molecule has 4 aliphatic carbocycles. The van der Waals surface area contributed by atoms with Crippen LogP contribution in [-0.2, 0) is 20.7 Å². The number of ketones is 1. The molecule has 0 amide bonds. The smallest absolute Gasteiger partial charge is 0.326 e. The van der Waals surface area contributed by atoms with Crippen molar-refractivity contribution in [3.05, 3.63) is 29.9 Å². The number of carbonyl (C=O) groups is 2. The molecule has 0 radical (unpaired) electrons. The number of hydrogen-bond acceptors (Lipinski definition) is 5. The predicted octanol–water partition coefficient (Wildman–Crippen LogP) is 9.65. The van der Waals surface area contributed by atoms with Gasteiger partial charge in [0.25, 0.3) is 0 Å². The molecule has 0 spiro atoms. The van der Waals surface area contributed by atoms with Crippen LogP contribution in [0.1, 0.15) is 151 Å². The minimum absolute atomic E-state index is 0.0912. The van der Waals surface area contributed by atoms with Crippen molar-refractivity contribution in [3.63, 3.8) is 0 Å². The largest absolute Gasteiger partial charge is 0.461 e. The van der Waals surface area contributed by atoms with Crippen LogP contribution in [0.4, 0.5) is 0 Å². The van der Waals surface area contributed by atoms with Gasteiger partial charge in [0.2, 0.25) is 0 Å². The van der Waals surface area contributed by atoms with E-state index in [0.29, 0.717) is 18.3 Å². The Bertz CT molecular complexity index is 1270. The lowest BCUT2D eigenvalue weighted by Crippen LogP contribution is -2.58. The van der Waals surface area contributed by atoms with E-state index in [2.05, 4.69) is 56.0 Å². The van der Waals surface area contributed by atoms with Gasteiger partial charge in [0, 0.05) is 30.7 Å². The van der Waals surface area contributed by atoms with Crippen molar-refractivity contribution >= 4 is 11.8 Å². The molecule has 2 N–H and O–H groups in total. The fraction of sp³-hybridized carbons (Fsp3) is 0.833. The molecule has 1 heterocycles. The first-order valence-corrected chi connectivity index (χ1v) is 19.9. The number of aromatic amines is 1. The first kappa shape index (κ1) is 37.3. The van der Waals surface area contributed by atoms with Gasteiger partial charge in [-0.25, -0.2) is 4.98 Å². The molecule has 1 aromatic rings. The summed E-state index contributed by atoms with van der Waals surface area (Å²) in [6.45, 7) is 20.4. The minimum Gasteiger partial charge on any atom is -0.461 e. The summed E-state index contributed by atoms with van der Waals surface area (Å²) in [5.74, 6) is 4.74. The molecule has 48 heavy (non-hydrogen) atoms. The summed E-state index contributed by atoms with van der Waals surface area (Å²) in [5.41, 5.74) is 2.20. The van der Waals surface area contributed by atoms with Crippen LogP contribution < -0.4 is 5.32 Å². The topological polar surface area (TPSA) is 84.1 Å². The number of nitrogens with one attached hydrogen (secondary N) is 2. The molecule has 6 nitrogen and oxygen atoms in total. The molecule has 3 fully saturated rings. The zero-order valence-electron chi connectivity index (χ0n) is 32.0. The Hall–Kier alpha value is -1.95. The SMILES string of the molecule is CCC(C)C(=O)[C@H](Cc1cnc[nH]1)NC(C)(CC)C(=O)O[C@H]1CC[C@@]2(C)C(=CCC3[C@@H]4CC[C@H]([C@H](C)CCCC(C)C)[C@@]4(C)CC[C@@H]32)C1. The molecule has 270 valence electrons. The number of hydrogen-bond donors (Lipinski definition) is 2. The van der Waals surface area contributed by atoms with Crippen molar-refractivity contribution in [3.8, 4) is 0 Å². The molecule has 3 saturated carbocycles. The number of H-pyrrole nitrogens is 1. The molecule has 0 bridgehead atoms. The van der Waals surface area contributed by atoms with Gasteiger partial charge in [-0.05, 0) is 111 Å². The maximum absolute atomic E-state index is 13.9. The zero-order valence-corrected chi connectivity index (χ0v) is 32.0. The number of nitrogens with zero attached hydrogens (tertiary/aromatic N) is 1. The van der Waals surface area contributed by atoms with Crippen LogP contribution in [0, 0.1) is 52.3 Å². The van der Waals surface area contributed by atoms with Crippen molar-refractivity contribution in [2.75, 3.05) is 0 Å². The van der Waals surface area contributed by atoms with Gasteiger partial charge in [0.15, 0.2) is 5.78 Å². The number of esters is 1. The summed E-state index contributed by atoms with van der Waals surface area (Å²) in [5, 5.41) is 3.49. The number of rotatable bonds is 15. The first-order chi connectivity index (χ1) is 22.8. The fourth-order valence-electron chi connectivity index (χ4n) is 11.1. The Labute approximate surface area is 292 Å². The second-order valence-electron chi connectivity index (χ2n) is 17.9. The quantitative estimate of drug-likeness (QED) is 0.144.